The highest BCUT2D eigenvalue weighted by Crippen LogP contribution is 2.19. The van der Waals surface area contributed by atoms with Crippen molar-refractivity contribution in [2.45, 2.75) is 6.92 Å². The van der Waals surface area contributed by atoms with E-state index in [4.69, 9.17) is 11.2 Å². The van der Waals surface area contributed by atoms with Crippen LogP contribution in [-0.4, -0.2) is 15.0 Å². The molecule has 0 spiro atoms. The summed E-state index contributed by atoms with van der Waals surface area (Å²) in [6.07, 6.45) is 6.67. The monoisotopic (exact) mass is 327 g/mol. The summed E-state index contributed by atoms with van der Waals surface area (Å²) < 4.78 is 31.9. The third-order valence-electron chi connectivity index (χ3n) is 2.93. The zero-order valence-electron chi connectivity index (χ0n) is 12.7. The van der Waals surface area contributed by atoms with Crippen LogP contribution < -0.4 is 9.46 Å². The molecule has 2 rings (SSSR count). The Labute approximate surface area is 136 Å². The van der Waals surface area contributed by atoms with Crippen LogP contribution in [0.5, 0.6) is 5.75 Å². The number of ether oxygens (including phenoxy) is 1. The van der Waals surface area contributed by atoms with E-state index in [1.165, 1.54) is 0 Å². The van der Waals surface area contributed by atoms with Gasteiger partial charge in [0.1, 0.15) is 12.4 Å². The van der Waals surface area contributed by atoms with Crippen LogP contribution in [0.25, 0.3) is 6.08 Å². The Hall–Kier alpha value is -2.71. The molecule has 0 radical (unpaired) electrons. The van der Waals surface area contributed by atoms with Crippen LogP contribution in [0.3, 0.4) is 0 Å². The van der Waals surface area contributed by atoms with Crippen LogP contribution in [-0.2, 0) is 10.0 Å². The van der Waals surface area contributed by atoms with Crippen LogP contribution in [0.2, 0.25) is 0 Å². The number of anilines is 1. The summed E-state index contributed by atoms with van der Waals surface area (Å²) in [6.45, 7) is 2.10. The molecule has 2 aromatic rings. The average molecular weight is 327 g/mol. The zero-order chi connectivity index (χ0) is 16.7. The Morgan fingerprint density at radius 3 is 2.65 bits per heavy atom. The number of hydrogen-bond acceptors (Lipinski definition) is 3. The van der Waals surface area contributed by atoms with Crippen molar-refractivity contribution < 1.29 is 13.2 Å². The molecule has 0 aliphatic rings. The van der Waals surface area contributed by atoms with Gasteiger partial charge in [0, 0.05) is 6.07 Å². The molecule has 0 aromatic heterocycles. The lowest BCUT2D eigenvalue weighted by Gasteiger charge is -2.07. The lowest BCUT2D eigenvalue weighted by Crippen LogP contribution is -2.08. The first-order valence-corrected chi connectivity index (χ1v) is 8.47. The van der Waals surface area contributed by atoms with Gasteiger partial charge in [-0.2, -0.15) is 0 Å². The number of hydrogen-bond donors (Lipinski definition) is 1. The molecule has 0 aliphatic carbocycles. The lowest BCUT2D eigenvalue weighted by atomic mass is 10.2. The van der Waals surface area contributed by atoms with Gasteiger partial charge >= 0.3 is 0 Å². The molecule has 0 saturated carbocycles. The van der Waals surface area contributed by atoms with Crippen LogP contribution in [0.15, 0.2) is 53.9 Å². The van der Waals surface area contributed by atoms with E-state index in [0.29, 0.717) is 11.4 Å². The highest BCUT2D eigenvalue weighted by molar-refractivity contribution is 7.95. The van der Waals surface area contributed by atoms with Gasteiger partial charge in [-0.05, 0) is 30.7 Å². The predicted molar refractivity (Wildman–Crippen MR) is 93.5 cm³/mol. The fourth-order valence-electron chi connectivity index (χ4n) is 1.82. The first kappa shape index (κ1) is 16.7. The zero-order valence-corrected chi connectivity index (χ0v) is 13.5. The van der Waals surface area contributed by atoms with Crippen molar-refractivity contribution in [2.75, 3.05) is 11.3 Å². The molecule has 23 heavy (non-hydrogen) atoms. The number of aryl methyl sites for hydroxylation is 1. The van der Waals surface area contributed by atoms with E-state index >= 15 is 0 Å². The normalized spacial score (nSPS) is 11.1. The van der Waals surface area contributed by atoms with Crippen molar-refractivity contribution in [3.05, 3.63) is 65.1 Å². The van der Waals surface area contributed by atoms with Gasteiger partial charge in [-0.1, -0.05) is 41.8 Å². The Bertz CT molecular complexity index is 831. The van der Waals surface area contributed by atoms with Crippen molar-refractivity contribution in [1.29, 1.82) is 0 Å². The van der Waals surface area contributed by atoms with Crippen LogP contribution >= 0.6 is 0 Å². The molecule has 118 valence electrons. The van der Waals surface area contributed by atoms with E-state index in [0.717, 1.165) is 16.5 Å². The highest BCUT2D eigenvalue weighted by Gasteiger charge is 2.06. The molecule has 0 saturated heterocycles. The minimum absolute atomic E-state index is 0.129. The number of rotatable bonds is 6. The maximum atomic E-state index is 12.1. The molecule has 0 heterocycles. The fourth-order valence-corrected chi connectivity index (χ4v) is 2.68. The molecular weight excluding hydrogens is 310 g/mol. The predicted octanol–water partition coefficient (Wildman–Crippen LogP) is 3.42. The number of benzene rings is 2. The third kappa shape index (κ3) is 5.53. The molecule has 0 bridgehead atoms. The summed E-state index contributed by atoms with van der Waals surface area (Å²) in [4.78, 5) is 0. The SMILES string of the molecule is C#CCOc1cccc(NS(=O)(=O)/C=C/c2ccc(C)cc2)c1. The minimum Gasteiger partial charge on any atom is -0.481 e. The number of terminal acetylenes is 1. The summed E-state index contributed by atoms with van der Waals surface area (Å²) in [5, 5.41) is 1.13. The fraction of sp³-hybridized carbons (Fsp3) is 0.111. The van der Waals surface area contributed by atoms with E-state index in [1.807, 2.05) is 31.2 Å². The smallest absolute Gasteiger partial charge is 0.255 e. The summed E-state index contributed by atoms with van der Waals surface area (Å²) in [6, 6.07) is 14.2. The molecule has 4 nitrogen and oxygen atoms in total. The second kappa shape index (κ2) is 7.52. The molecule has 0 unspecified atom stereocenters. The molecule has 2 aromatic carbocycles. The highest BCUT2D eigenvalue weighted by atomic mass is 32.2. The molecule has 1 N–H and O–H groups in total. The second-order valence-corrected chi connectivity index (χ2v) is 6.45. The minimum atomic E-state index is -3.61. The van der Waals surface area contributed by atoms with Crippen molar-refractivity contribution in [1.82, 2.24) is 0 Å². The van der Waals surface area contributed by atoms with E-state index in [-0.39, 0.29) is 6.61 Å². The standard InChI is InChI=1S/C18H17NO3S/c1-3-12-22-18-6-4-5-17(14-18)19-23(20,21)13-11-16-9-7-15(2)8-10-16/h1,4-11,13-14,19H,12H2,2H3/b13-11+. The van der Waals surface area contributed by atoms with E-state index in [1.54, 1.807) is 30.3 Å². The number of nitrogens with one attached hydrogen (secondary N) is 1. The van der Waals surface area contributed by atoms with Gasteiger partial charge in [-0.15, -0.1) is 6.42 Å². The van der Waals surface area contributed by atoms with Gasteiger partial charge in [0.25, 0.3) is 10.0 Å². The summed E-state index contributed by atoms with van der Waals surface area (Å²) in [5.41, 5.74) is 2.34. The first-order valence-electron chi connectivity index (χ1n) is 6.92. The van der Waals surface area contributed by atoms with Gasteiger partial charge in [-0.3, -0.25) is 4.72 Å². The van der Waals surface area contributed by atoms with E-state index in [9.17, 15) is 8.42 Å². The Morgan fingerprint density at radius 2 is 1.96 bits per heavy atom. The molecule has 0 fully saturated rings. The molecule has 0 aliphatic heterocycles. The number of sulfonamides is 1. The van der Waals surface area contributed by atoms with Crippen LogP contribution in [0.4, 0.5) is 5.69 Å². The van der Waals surface area contributed by atoms with E-state index < -0.39 is 10.0 Å². The average Bonchev–Trinajstić information content (AvgIpc) is 2.52. The van der Waals surface area contributed by atoms with Crippen molar-refractivity contribution in [3.63, 3.8) is 0 Å². The topological polar surface area (TPSA) is 55.4 Å². The van der Waals surface area contributed by atoms with Crippen LogP contribution in [0.1, 0.15) is 11.1 Å². The Balaban J connectivity index is 2.09. The Morgan fingerprint density at radius 1 is 1.22 bits per heavy atom. The summed E-state index contributed by atoms with van der Waals surface area (Å²) in [5.74, 6) is 2.86. The van der Waals surface area contributed by atoms with Crippen molar-refractivity contribution in [3.8, 4) is 18.1 Å². The summed E-state index contributed by atoms with van der Waals surface area (Å²) in [7, 11) is -3.61. The van der Waals surface area contributed by atoms with Gasteiger partial charge in [0.2, 0.25) is 0 Å². The van der Waals surface area contributed by atoms with Crippen LogP contribution in [0, 0.1) is 19.3 Å². The maximum absolute atomic E-state index is 12.1. The largest absolute Gasteiger partial charge is 0.481 e. The molecular formula is C18H17NO3S. The van der Waals surface area contributed by atoms with Crippen molar-refractivity contribution >= 4 is 21.8 Å². The van der Waals surface area contributed by atoms with Crippen molar-refractivity contribution in [2.24, 2.45) is 0 Å². The van der Waals surface area contributed by atoms with Gasteiger partial charge in [-0.25, -0.2) is 8.42 Å². The van der Waals surface area contributed by atoms with Gasteiger partial charge in [0.05, 0.1) is 11.1 Å². The molecule has 5 heteroatoms. The molecule has 0 amide bonds. The molecule has 0 atom stereocenters. The second-order valence-electron chi connectivity index (χ2n) is 4.88. The first-order chi connectivity index (χ1) is 11.0. The van der Waals surface area contributed by atoms with E-state index in [2.05, 4.69) is 10.6 Å². The third-order valence-corrected chi connectivity index (χ3v) is 3.95. The maximum Gasteiger partial charge on any atom is 0.255 e. The van der Waals surface area contributed by atoms with Gasteiger partial charge < -0.3 is 4.74 Å². The lowest BCUT2D eigenvalue weighted by molar-refractivity contribution is 0.370. The Kier molecular flexibility index (Phi) is 5.45. The summed E-state index contributed by atoms with van der Waals surface area (Å²) >= 11 is 0. The van der Waals surface area contributed by atoms with Gasteiger partial charge in [0.15, 0.2) is 0 Å². The quantitative estimate of drug-likeness (QED) is 0.827.